The summed E-state index contributed by atoms with van der Waals surface area (Å²) in [6.07, 6.45) is -3.63. The minimum absolute atomic E-state index is 0.0772. The van der Waals surface area contributed by atoms with Gasteiger partial charge >= 0.3 is 12.3 Å². The zero-order valence-electron chi connectivity index (χ0n) is 17.6. The summed E-state index contributed by atoms with van der Waals surface area (Å²) in [4.78, 5) is 25.2. The highest BCUT2D eigenvalue weighted by Crippen LogP contribution is 2.31. The smallest absolute Gasteiger partial charge is 0.416 e. The fraction of sp³-hybridized carbons (Fsp3) is 0.227. The molecule has 0 radical (unpaired) electrons. The van der Waals surface area contributed by atoms with Crippen molar-refractivity contribution in [1.82, 2.24) is 14.3 Å². The number of nitrogens with zero attached hydrogens (tertiary/aromatic N) is 3. The lowest BCUT2D eigenvalue weighted by Crippen LogP contribution is -2.19. The first-order valence-electron chi connectivity index (χ1n) is 9.81. The molecule has 0 bridgehead atoms. The number of carbonyl (C=O) groups is 1. The maximum absolute atomic E-state index is 13.2. The van der Waals surface area contributed by atoms with Crippen molar-refractivity contribution in [2.24, 2.45) is 7.05 Å². The Morgan fingerprint density at radius 3 is 2.48 bits per heavy atom. The molecule has 0 atom stereocenters. The van der Waals surface area contributed by atoms with E-state index in [1.807, 2.05) is 0 Å². The summed E-state index contributed by atoms with van der Waals surface area (Å²) in [5.41, 5.74) is 0.244. The van der Waals surface area contributed by atoms with Gasteiger partial charge in [-0.1, -0.05) is 0 Å². The summed E-state index contributed by atoms with van der Waals surface area (Å²) >= 11 is 0. The van der Waals surface area contributed by atoms with E-state index in [2.05, 4.69) is 10.4 Å². The molecule has 0 fully saturated rings. The first kappa shape index (κ1) is 22.3. The largest absolute Gasteiger partial charge is 0.447 e. The highest BCUT2D eigenvalue weighted by atomic mass is 19.4. The van der Waals surface area contributed by atoms with E-state index in [0.717, 1.165) is 12.1 Å². The third kappa shape index (κ3) is 4.40. The van der Waals surface area contributed by atoms with Gasteiger partial charge in [0, 0.05) is 37.1 Å². The maximum Gasteiger partial charge on any atom is 0.416 e. The Hall–Kier alpha value is -3.86. The van der Waals surface area contributed by atoms with Gasteiger partial charge in [-0.3, -0.25) is 19.4 Å². The molecule has 0 unspecified atom stereocenters. The Balaban J connectivity index is 1.84. The maximum atomic E-state index is 13.2. The SMILES string of the molecule is COCCOC(=O)Nc1ccc2c(c1)c1nn(C)cc1c(=O)n2-c1ccc(C(F)(F)F)cc1. The Labute approximate surface area is 185 Å². The van der Waals surface area contributed by atoms with Gasteiger partial charge in [0.15, 0.2) is 0 Å². The van der Waals surface area contributed by atoms with E-state index in [1.54, 1.807) is 25.2 Å². The summed E-state index contributed by atoms with van der Waals surface area (Å²) in [5.74, 6) is 0. The van der Waals surface area contributed by atoms with Crippen LogP contribution in [0.4, 0.5) is 23.7 Å². The number of benzene rings is 2. The van der Waals surface area contributed by atoms with Gasteiger partial charge in [-0.15, -0.1) is 0 Å². The average Bonchev–Trinajstić information content (AvgIpc) is 3.16. The molecule has 0 aliphatic rings. The van der Waals surface area contributed by atoms with Gasteiger partial charge < -0.3 is 9.47 Å². The third-order valence-corrected chi connectivity index (χ3v) is 4.97. The normalized spacial score (nSPS) is 11.8. The Morgan fingerprint density at radius 1 is 1.09 bits per heavy atom. The minimum Gasteiger partial charge on any atom is -0.447 e. The van der Waals surface area contributed by atoms with E-state index < -0.39 is 23.4 Å². The van der Waals surface area contributed by atoms with Gasteiger partial charge in [0.05, 0.1) is 23.1 Å². The predicted molar refractivity (Wildman–Crippen MR) is 116 cm³/mol. The molecule has 4 rings (SSSR count). The molecule has 172 valence electrons. The van der Waals surface area contributed by atoms with E-state index in [-0.39, 0.29) is 24.3 Å². The van der Waals surface area contributed by atoms with E-state index in [0.29, 0.717) is 22.1 Å². The lowest BCUT2D eigenvalue weighted by atomic mass is 10.1. The number of pyridine rings is 1. The number of fused-ring (bicyclic) bond motifs is 3. The molecule has 0 saturated carbocycles. The number of aromatic nitrogens is 3. The molecule has 2 aromatic heterocycles. The molecule has 8 nitrogen and oxygen atoms in total. The second-order valence-electron chi connectivity index (χ2n) is 7.24. The Morgan fingerprint density at radius 2 is 1.82 bits per heavy atom. The number of methoxy groups -OCH3 is 1. The van der Waals surface area contributed by atoms with Crippen LogP contribution in [0.15, 0.2) is 53.5 Å². The van der Waals surface area contributed by atoms with Gasteiger partial charge in [-0.2, -0.15) is 18.3 Å². The molecule has 11 heteroatoms. The molecule has 0 spiro atoms. The van der Waals surface area contributed by atoms with Crippen molar-refractivity contribution in [1.29, 1.82) is 0 Å². The number of anilines is 1. The van der Waals surface area contributed by atoms with Crippen molar-refractivity contribution in [3.8, 4) is 5.69 Å². The fourth-order valence-corrected chi connectivity index (χ4v) is 3.50. The fourth-order valence-electron chi connectivity index (χ4n) is 3.50. The molecule has 2 heterocycles. The number of alkyl halides is 3. The number of aryl methyl sites for hydroxylation is 1. The summed E-state index contributed by atoms with van der Waals surface area (Å²) < 4.78 is 51.6. The molecule has 33 heavy (non-hydrogen) atoms. The summed E-state index contributed by atoms with van der Waals surface area (Å²) in [6.45, 7) is 0.326. The number of halogens is 3. The molecular weight excluding hydrogens is 441 g/mol. The molecule has 1 amide bonds. The number of hydrogen-bond acceptors (Lipinski definition) is 5. The van der Waals surface area contributed by atoms with E-state index in [9.17, 15) is 22.8 Å². The first-order valence-corrected chi connectivity index (χ1v) is 9.81. The van der Waals surface area contributed by atoms with E-state index in [1.165, 1.54) is 34.7 Å². The molecular formula is C22H19F3N4O4. The predicted octanol–water partition coefficient (Wildman–Crippen LogP) is 4.09. The standard InChI is InChI=1S/C22H19F3N4O4/c1-28-12-17-19(27-28)16-11-14(26-21(31)33-10-9-32-2)5-8-18(16)29(20(17)30)15-6-3-13(4-7-15)22(23,24)25/h3-8,11-12H,9-10H2,1-2H3,(H,26,31). The zero-order valence-corrected chi connectivity index (χ0v) is 17.6. The number of rotatable bonds is 5. The summed E-state index contributed by atoms with van der Waals surface area (Å²) in [5, 5.41) is 7.77. The second-order valence-corrected chi connectivity index (χ2v) is 7.24. The minimum atomic E-state index is -4.49. The molecule has 4 aromatic rings. The zero-order chi connectivity index (χ0) is 23.8. The van der Waals surface area contributed by atoms with Gasteiger partial charge in [-0.05, 0) is 42.5 Å². The first-order chi connectivity index (χ1) is 15.7. The van der Waals surface area contributed by atoms with Crippen LogP contribution in [0.25, 0.3) is 27.5 Å². The van der Waals surface area contributed by atoms with Gasteiger partial charge in [0.1, 0.15) is 12.1 Å². The van der Waals surface area contributed by atoms with Crippen molar-refractivity contribution >= 4 is 33.6 Å². The van der Waals surface area contributed by atoms with Crippen LogP contribution in [0, 0.1) is 0 Å². The highest BCUT2D eigenvalue weighted by Gasteiger charge is 2.30. The summed E-state index contributed by atoms with van der Waals surface area (Å²) in [6, 6.07) is 9.11. The number of hydrogen-bond donors (Lipinski definition) is 1. The van der Waals surface area contributed by atoms with Crippen molar-refractivity contribution in [2.75, 3.05) is 25.6 Å². The average molecular weight is 460 g/mol. The van der Waals surface area contributed by atoms with Crippen LogP contribution < -0.4 is 10.9 Å². The van der Waals surface area contributed by atoms with Gasteiger partial charge in [0.2, 0.25) is 0 Å². The Kier molecular flexibility index (Phi) is 5.81. The van der Waals surface area contributed by atoms with Crippen molar-refractivity contribution in [2.45, 2.75) is 6.18 Å². The van der Waals surface area contributed by atoms with Crippen LogP contribution in [0.2, 0.25) is 0 Å². The van der Waals surface area contributed by atoms with Gasteiger partial charge in [-0.25, -0.2) is 4.79 Å². The second kappa shape index (κ2) is 8.58. The third-order valence-electron chi connectivity index (χ3n) is 4.97. The van der Waals surface area contributed by atoms with Crippen LogP contribution in [-0.2, 0) is 22.7 Å². The molecule has 0 saturated heterocycles. The van der Waals surface area contributed by atoms with Crippen molar-refractivity contribution < 1.29 is 27.4 Å². The van der Waals surface area contributed by atoms with E-state index >= 15 is 0 Å². The van der Waals surface area contributed by atoms with Crippen LogP contribution in [0.1, 0.15) is 5.56 Å². The lowest BCUT2D eigenvalue weighted by molar-refractivity contribution is -0.137. The monoisotopic (exact) mass is 460 g/mol. The Bertz CT molecular complexity index is 1390. The molecule has 2 aromatic carbocycles. The van der Waals surface area contributed by atoms with Crippen LogP contribution in [0.5, 0.6) is 0 Å². The summed E-state index contributed by atoms with van der Waals surface area (Å²) in [7, 11) is 3.14. The van der Waals surface area contributed by atoms with E-state index in [4.69, 9.17) is 9.47 Å². The van der Waals surface area contributed by atoms with Crippen LogP contribution >= 0.6 is 0 Å². The number of nitrogens with one attached hydrogen (secondary N) is 1. The van der Waals surface area contributed by atoms with Gasteiger partial charge in [0.25, 0.3) is 5.56 Å². The topological polar surface area (TPSA) is 87.4 Å². The van der Waals surface area contributed by atoms with Crippen LogP contribution in [-0.4, -0.2) is 40.8 Å². The van der Waals surface area contributed by atoms with Crippen LogP contribution in [0.3, 0.4) is 0 Å². The number of amides is 1. The molecule has 0 aliphatic carbocycles. The van der Waals surface area contributed by atoms with Crippen molar-refractivity contribution in [3.63, 3.8) is 0 Å². The lowest BCUT2D eigenvalue weighted by Gasteiger charge is -2.14. The van der Waals surface area contributed by atoms with Crippen molar-refractivity contribution in [3.05, 3.63) is 64.6 Å². The number of carbonyl (C=O) groups excluding carboxylic acids is 1. The highest BCUT2D eigenvalue weighted by molar-refractivity contribution is 6.05. The number of ether oxygens (including phenoxy) is 2. The molecule has 1 N–H and O–H groups in total. The molecule has 0 aliphatic heterocycles. The quantitative estimate of drug-likeness (QED) is 0.454.